The largest absolute Gasteiger partial charge is 0.493 e. The Morgan fingerprint density at radius 1 is 1.16 bits per heavy atom. The molecule has 0 saturated carbocycles. The van der Waals surface area contributed by atoms with Gasteiger partial charge in [0, 0.05) is 18.9 Å². The van der Waals surface area contributed by atoms with Crippen LogP contribution in [0.15, 0.2) is 54.2 Å². The molecule has 1 saturated heterocycles. The number of likely N-dealkylation sites (tertiary alicyclic amines) is 1. The maximum absolute atomic E-state index is 14.3. The predicted molar refractivity (Wildman–Crippen MR) is 146 cm³/mol. The Hall–Kier alpha value is -3.01. The van der Waals surface area contributed by atoms with Crippen molar-refractivity contribution in [2.75, 3.05) is 20.4 Å². The van der Waals surface area contributed by atoms with Gasteiger partial charge in [0.05, 0.1) is 24.6 Å². The Bertz CT molecular complexity index is 1170. The fourth-order valence-electron chi connectivity index (χ4n) is 4.32. The third kappa shape index (κ3) is 5.95. The molecule has 8 nitrogen and oxygen atoms in total. The molecule has 1 amide bonds. The number of carbonyl (C=O) groups is 1. The molecular formula is C28H39N2O6Si+. The second-order valence-electron chi connectivity index (χ2n) is 11.0. The molecule has 2 aromatic carbocycles. The molecule has 3 rings (SSSR count). The fourth-order valence-corrected chi connectivity index (χ4v) is 5.29. The molecule has 0 bridgehead atoms. The molecular weight excluding hydrogens is 488 g/mol. The molecule has 1 aliphatic heterocycles. The molecule has 2 aromatic rings. The van der Waals surface area contributed by atoms with Crippen molar-refractivity contribution >= 4 is 19.9 Å². The van der Waals surface area contributed by atoms with Crippen LogP contribution in [-0.4, -0.2) is 44.0 Å². The van der Waals surface area contributed by atoms with Gasteiger partial charge < -0.3 is 13.9 Å². The standard InChI is InChI=1S/C28H39N2O6Si/c1-8-22-15-12-16-30(22,20-36-37(6,7)28(2,3)4)27(31)23-17-25(34-5)26(18-24(23)29(32)33)35-19-21-13-10-9-11-14-21/h8-11,13-14,17-18H,12,15-16,19-20H2,1-7H3/q+1. The maximum atomic E-state index is 14.3. The van der Waals surface area contributed by atoms with Gasteiger partial charge in [0.1, 0.15) is 12.3 Å². The summed E-state index contributed by atoms with van der Waals surface area (Å²) in [5, 5.41) is 12.1. The normalized spacial score (nSPS) is 19.2. The number of carbonyl (C=O) groups excluding carboxylic acids is 1. The third-order valence-corrected chi connectivity index (χ3v) is 12.1. The average Bonchev–Trinajstić information content (AvgIpc) is 3.29. The highest BCUT2D eigenvalue weighted by molar-refractivity contribution is 6.74. The van der Waals surface area contributed by atoms with E-state index in [0.717, 1.165) is 24.1 Å². The van der Waals surface area contributed by atoms with E-state index in [1.54, 1.807) is 0 Å². The lowest BCUT2D eigenvalue weighted by Gasteiger charge is -2.40. The van der Waals surface area contributed by atoms with Crippen molar-refractivity contribution in [3.05, 3.63) is 75.5 Å². The van der Waals surface area contributed by atoms with E-state index in [0.29, 0.717) is 6.54 Å². The first-order chi connectivity index (χ1) is 17.4. The number of nitro groups is 1. The van der Waals surface area contributed by atoms with Crippen molar-refractivity contribution < 1.29 is 28.1 Å². The molecule has 200 valence electrons. The van der Waals surface area contributed by atoms with Gasteiger partial charge in [-0.2, -0.15) is 0 Å². The quantitative estimate of drug-likeness (QED) is 0.154. The Morgan fingerprint density at radius 2 is 1.84 bits per heavy atom. The number of rotatable bonds is 9. The predicted octanol–water partition coefficient (Wildman–Crippen LogP) is 6.82. The summed E-state index contributed by atoms with van der Waals surface area (Å²) in [6.45, 7) is 13.5. The van der Waals surface area contributed by atoms with Crippen LogP contribution >= 0.6 is 0 Å². The number of nitrogens with zero attached hydrogens (tertiary/aromatic N) is 2. The number of ether oxygens (including phenoxy) is 2. The number of quaternary nitrogens is 1. The summed E-state index contributed by atoms with van der Waals surface area (Å²) in [4.78, 5) is 25.9. The average molecular weight is 528 g/mol. The summed E-state index contributed by atoms with van der Waals surface area (Å²) in [5.41, 5.74) is 1.52. The monoisotopic (exact) mass is 527 g/mol. The van der Waals surface area contributed by atoms with Crippen LogP contribution < -0.4 is 9.47 Å². The maximum Gasteiger partial charge on any atom is 0.359 e. The fraction of sp³-hybridized carbons (Fsp3) is 0.464. The van der Waals surface area contributed by atoms with Crippen molar-refractivity contribution in [3.8, 4) is 11.5 Å². The van der Waals surface area contributed by atoms with Crippen molar-refractivity contribution in [2.24, 2.45) is 0 Å². The molecule has 0 aromatic heterocycles. The van der Waals surface area contributed by atoms with Gasteiger partial charge in [0.25, 0.3) is 5.69 Å². The zero-order valence-electron chi connectivity index (χ0n) is 23.0. The summed E-state index contributed by atoms with van der Waals surface area (Å²) >= 11 is 0. The van der Waals surface area contributed by atoms with Gasteiger partial charge >= 0.3 is 5.91 Å². The van der Waals surface area contributed by atoms with E-state index in [2.05, 4.69) is 33.9 Å². The van der Waals surface area contributed by atoms with Crippen LogP contribution in [-0.2, 0) is 11.0 Å². The van der Waals surface area contributed by atoms with E-state index in [1.165, 1.54) is 19.2 Å². The Kier molecular flexibility index (Phi) is 8.62. The highest BCUT2D eigenvalue weighted by Gasteiger charge is 2.50. The molecule has 1 atom stereocenters. The van der Waals surface area contributed by atoms with Crippen LogP contribution in [0, 0.1) is 10.1 Å². The molecule has 1 heterocycles. The van der Waals surface area contributed by atoms with Crippen LogP contribution in [0.3, 0.4) is 0 Å². The minimum absolute atomic E-state index is 0.00556. The highest BCUT2D eigenvalue weighted by Crippen LogP contribution is 2.42. The van der Waals surface area contributed by atoms with Crippen molar-refractivity contribution in [1.82, 2.24) is 0 Å². The summed E-state index contributed by atoms with van der Waals surface area (Å²) in [7, 11) is -0.726. The van der Waals surface area contributed by atoms with Crippen LogP contribution in [0.1, 0.15) is 56.5 Å². The van der Waals surface area contributed by atoms with Gasteiger partial charge in [-0.1, -0.05) is 51.1 Å². The molecule has 0 radical (unpaired) electrons. The number of allylic oxidation sites excluding steroid dienone is 2. The summed E-state index contributed by atoms with van der Waals surface area (Å²) < 4.78 is 17.9. The van der Waals surface area contributed by atoms with Crippen LogP contribution in [0.4, 0.5) is 5.69 Å². The van der Waals surface area contributed by atoms with E-state index in [1.807, 2.05) is 43.3 Å². The number of hydrogen-bond acceptors (Lipinski definition) is 6. The number of benzene rings is 2. The minimum atomic E-state index is -2.19. The van der Waals surface area contributed by atoms with Crippen LogP contribution in [0.2, 0.25) is 18.1 Å². The second kappa shape index (κ2) is 11.2. The molecule has 1 unspecified atom stereocenters. The SMILES string of the molecule is CC=C1CCC[N+]1(CO[Si](C)(C)C(C)(C)C)C(=O)c1cc(OC)c(OCc2ccccc2)cc1[N+](=O)[O-]. The van der Waals surface area contributed by atoms with E-state index >= 15 is 0 Å². The zero-order valence-corrected chi connectivity index (χ0v) is 24.0. The van der Waals surface area contributed by atoms with Crippen molar-refractivity contribution in [3.63, 3.8) is 0 Å². The van der Waals surface area contributed by atoms with Crippen molar-refractivity contribution in [2.45, 2.75) is 65.3 Å². The Morgan fingerprint density at radius 3 is 2.41 bits per heavy atom. The van der Waals surface area contributed by atoms with Gasteiger partial charge in [-0.3, -0.25) is 10.1 Å². The lowest BCUT2D eigenvalue weighted by molar-refractivity contribution is -0.820. The molecule has 37 heavy (non-hydrogen) atoms. The summed E-state index contributed by atoms with van der Waals surface area (Å²) in [6, 6.07) is 12.2. The lowest BCUT2D eigenvalue weighted by atomic mass is 10.1. The van der Waals surface area contributed by atoms with Crippen LogP contribution in [0.5, 0.6) is 11.5 Å². The number of methoxy groups -OCH3 is 1. The highest BCUT2D eigenvalue weighted by atomic mass is 28.4. The second-order valence-corrected chi connectivity index (χ2v) is 15.8. The summed E-state index contributed by atoms with van der Waals surface area (Å²) in [5.74, 6) is 0.129. The Balaban J connectivity index is 2.04. The van der Waals surface area contributed by atoms with Gasteiger partial charge in [-0.15, -0.1) is 0 Å². The van der Waals surface area contributed by atoms with E-state index in [9.17, 15) is 14.9 Å². The molecule has 0 N–H and O–H groups in total. The first-order valence-electron chi connectivity index (χ1n) is 12.6. The van der Waals surface area contributed by atoms with Crippen molar-refractivity contribution in [1.29, 1.82) is 0 Å². The molecule has 1 aliphatic rings. The first-order valence-corrected chi connectivity index (χ1v) is 15.5. The summed E-state index contributed by atoms with van der Waals surface area (Å²) in [6.07, 6.45) is 3.49. The molecule has 1 fully saturated rings. The smallest absolute Gasteiger partial charge is 0.359 e. The number of hydrogen-bond donors (Lipinski definition) is 0. The topological polar surface area (TPSA) is 87.9 Å². The van der Waals surface area contributed by atoms with Gasteiger partial charge in [0.15, 0.2) is 32.1 Å². The lowest BCUT2D eigenvalue weighted by Crippen LogP contribution is -2.54. The van der Waals surface area contributed by atoms with E-state index in [4.69, 9.17) is 13.9 Å². The van der Waals surface area contributed by atoms with Gasteiger partial charge in [-0.25, -0.2) is 9.28 Å². The zero-order chi connectivity index (χ0) is 27.4. The molecule has 0 aliphatic carbocycles. The Labute approximate surface area is 220 Å². The minimum Gasteiger partial charge on any atom is -0.493 e. The van der Waals surface area contributed by atoms with Crippen LogP contribution in [0.25, 0.3) is 0 Å². The molecule has 0 spiro atoms. The number of nitro benzene ring substituents is 1. The molecule has 9 heteroatoms. The van der Waals surface area contributed by atoms with E-state index < -0.39 is 13.2 Å². The first kappa shape index (κ1) is 28.6. The van der Waals surface area contributed by atoms with E-state index in [-0.39, 0.29) is 51.5 Å². The van der Waals surface area contributed by atoms with Gasteiger partial charge in [0.2, 0.25) is 0 Å². The number of amides is 1. The third-order valence-electron chi connectivity index (χ3n) is 7.64. The van der Waals surface area contributed by atoms with Gasteiger partial charge in [-0.05, 0) is 36.7 Å².